The van der Waals surface area contributed by atoms with Crippen LogP contribution in [0.2, 0.25) is 0 Å². The molecule has 0 aromatic rings. The molecule has 2 fully saturated rings. The predicted octanol–water partition coefficient (Wildman–Crippen LogP) is 1.38. The Kier molecular flexibility index (Phi) is 4.28. The summed E-state index contributed by atoms with van der Waals surface area (Å²) in [7, 11) is 0. The van der Waals surface area contributed by atoms with Crippen LogP contribution >= 0.6 is 0 Å². The molecule has 2 aliphatic rings. The smallest absolute Gasteiger partial charge is 0.237 e. The van der Waals surface area contributed by atoms with E-state index in [0.717, 1.165) is 31.8 Å². The van der Waals surface area contributed by atoms with Crippen LogP contribution in [0.25, 0.3) is 0 Å². The van der Waals surface area contributed by atoms with Crippen LogP contribution in [-0.2, 0) is 4.79 Å². The van der Waals surface area contributed by atoms with Crippen LogP contribution in [-0.4, -0.2) is 35.0 Å². The summed E-state index contributed by atoms with van der Waals surface area (Å²) < 4.78 is 0. The molecule has 0 bridgehead atoms. The first-order valence-corrected chi connectivity index (χ1v) is 7.41. The molecule has 0 radical (unpaired) electrons. The third kappa shape index (κ3) is 3.04. The molecule has 18 heavy (non-hydrogen) atoms. The molecule has 0 saturated heterocycles. The van der Waals surface area contributed by atoms with Crippen molar-refractivity contribution in [2.75, 3.05) is 6.54 Å². The maximum absolute atomic E-state index is 11.5. The van der Waals surface area contributed by atoms with E-state index in [0.29, 0.717) is 6.04 Å². The number of amides is 1. The van der Waals surface area contributed by atoms with Gasteiger partial charge in [-0.05, 0) is 51.5 Å². The minimum atomic E-state index is -0.762. The third-order valence-corrected chi connectivity index (χ3v) is 4.51. The molecule has 1 amide bonds. The quantitative estimate of drug-likeness (QED) is 0.751. The number of hydrogen-bond acceptors (Lipinski definition) is 3. The second kappa shape index (κ2) is 5.57. The van der Waals surface area contributed by atoms with E-state index in [-0.39, 0.29) is 5.91 Å². The highest BCUT2D eigenvalue weighted by molar-refractivity contribution is 5.84. The highest BCUT2D eigenvalue weighted by Crippen LogP contribution is 2.36. The van der Waals surface area contributed by atoms with Gasteiger partial charge in [-0.3, -0.25) is 9.69 Å². The summed E-state index contributed by atoms with van der Waals surface area (Å²) in [5.74, 6) is -0.321. The largest absolute Gasteiger partial charge is 0.368 e. The monoisotopic (exact) mass is 253 g/mol. The van der Waals surface area contributed by atoms with Crippen molar-refractivity contribution in [3.05, 3.63) is 0 Å². The van der Waals surface area contributed by atoms with Gasteiger partial charge in [0.1, 0.15) is 0 Å². The molecule has 0 aromatic carbocycles. The van der Waals surface area contributed by atoms with Crippen molar-refractivity contribution >= 4 is 5.91 Å². The molecule has 0 aliphatic heterocycles. The molecule has 2 aliphatic carbocycles. The van der Waals surface area contributed by atoms with Crippen LogP contribution in [0.1, 0.15) is 58.3 Å². The fourth-order valence-corrected chi connectivity index (χ4v) is 3.19. The highest BCUT2D eigenvalue weighted by atomic mass is 16.1. The first kappa shape index (κ1) is 13.8. The molecule has 4 nitrogen and oxygen atoms in total. The maximum atomic E-state index is 11.5. The van der Waals surface area contributed by atoms with Crippen molar-refractivity contribution in [3.63, 3.8) is 0 Å². The van der Waals surface area contributed by atoms with Gasteiger partial charge < -0.3 is 11.5 Å². The topological polar surface area (TPSA) is 72.3 Å². The van der Waals surface area contributed by atoms with Gasteiger partial charge in [-0.2, -0.15) is 0 Å². The van der Waals surface area contributed by atoms with E-state index in [9.17, 15) is 4.79 Å². The number of hydrogen-bond donors (Lipinski definition) is 2. The minimum absolute atomic E-state index is 0.321. The summed E-state index contributed by atoms with van der Waals surface area (Å²) in [6.45, 7) is 3.38. The average molecular weight is 253 g/mol. The second-order valence-corrected chi connectivity index (χ2v) is 6.09. The first-order valence-electron chi connectivity index (χ1n) is 7.41. The molecule has 4 heteroatoms. The van der Waals surface area contributed by atoms with Crippen molar-refractivity contribution in [3.8, 4) is 0 Å². The van der Waals surface area contributed by atoms with Crippen LogP contribution in [0.15, 0.2) is 0 Å². The molecule has 2 rings (SSSR count). The van der Waals surface area contributed by atoms with Gasteiger partial charge in [0.2, 0.25) is 5.91 Å². The van der Waals surface area contributed by atoms with Crippen LogP contribution in [0.4, 0.5) is 0 Å². The van der Waals surface area contributed by atoms with Gasteiger partial charge in [0.05, 0.1) is 5.54 Å². The Bertz CT molecular complexity index is 303. The zero-order chi connectivity index (χ0) is 13.2. The Labute approximate surface area is 110 Å². The van der Waals surface area contributed by atoms with Crippen molar-refractivity contribution in [1.29, 1.82) is 0 Å². The molecular formula is C14H27N3O. The lowest BCUT2D eigenvalue weighted by molar-refractivity contribution is -0.125. The zero-order valence-corrected chi connectivity index (χ0v) is 11.5. The molecule has 2 saturated carbocycles. The molecule has 2 unspecified atom stereocenters. The van der Waals surface area contributed by atoms with E-state index in [1.807, 2.05) is 0 Å². The summed E-state index contributed by atoms with van der Waals surface area (Å²) in [4.78, 5) is 14.1. The van der Waals surface area contributed by atoms with E-state index < -0.39 is 5.54 Å². The normalized spacial score (nSPS) is 32.7. The molecule has 4 N–H and O–H groups in total. The van der Waals surface area contributed by atoms with E-state index in [2.05, 4.69) is 11.8 Å². The first-order chi connectivity index (χ1) is 8.57. The van der Waals surface area contributed by atoms with Gasteiger partial charge in [0.25, 0.3) is 0 Å². The molecule has 0 spiro atoms. The zero-order valence-electron chi connectivity index (χ0n) is 11.5. The van der Waals surface area contributed by atoms with Gasteiger partial charge in [0.15, 0.2) is 0 Å². The minimum Gasteiger partial charge on any atom is -0.368 e. The summed E-state index contributed by atoms with van der Waals surface area (Å²) in [6.07, 6.45) is 8.79. The lowest BCUT2D eigenvalue weighted by Crippen LogP contribution is -2.58. The van der Waals surface area contributed by atoms with Gasteiger partial charge in [-0.15, -0.1) is 0 Å². The summed E-state index contributed by atoms with van der Waals surface area (Å²) >= 11 is 0. The van der Waals surface area contributed by atoms with Crippen LogP contribution in [0, 0.1) is 0 Å². The number of rotatable bonds is 6. The number of unbranched alkanes of at least 4 members (excludes halogenated alkanes) is 1. The summed E-state index contributed by atoms with van der Waals surface area (Å²) in [5, 5.41) is 0. The second-order valence-electron chi connectivity index (χ2n) is 6.09. The molecule has 0 heterocycles. The Morgan fingerprint density at radius 3 is 2.61 bits per heavy atom. The van der Waals surface area contributed by atoms with Crippen LogP contribution in [0.3, 0.4) is 0 Å². The van der Waals surface area contributed by atoms with Crippen LogP contribution in [0.5, 0.6) is 0 Å². The fourth-order valence-electron chi connectivity index (χ4n) is 3.19. The Morgan fingerprint density at radius 2 is 2.06 bits per heavy atom. The number of nitrogens with two attached hydrogens (primary N) is 2. The highest BCUT2D eigenvalue weighted by Gasteiger charge is 2.42. The average Bonchev–Trinajstić information content (AvgIpc) is 3.14. The number of primary amides is 1. The lowest BCUT2D eigenvalue weighted by Gasteiger charge is -2.41. The SMILES string of the molecule is CCCCN(C1CC1)C1CCCC(N)(C(N)=O)C1. The molecule has 2 atom stereocenters. The van der Waals surface area contributed by atoms with Crippen molar-refractivity contribution in [2.45, 2.75) is 75.9 Å². The van der Waals surface area contributed by atoms with Gasteiger partial charge in [-0.25, -0.2) is 0 Å². The van der Waals surface area contributed by atoms with Crippen molar-refractivity contribution in [1.82, 2.24) is 4.90 Å². The standard InChI is InChI=1S/C14H27N3O/c1-2-3-9-17(11-6-7-11)12-5-4-8-14(16,10-12)13(15)18/h11-12H,2-10,16H2,1H3,(H2,15,18). The Hall–Kier alpha value is -0.610. The lowest BCUT2D eigenvalue weighted by atomic mass is 9.78. The number of carbonyl (C=O) groups is 1. The molecule has 104 valence electrons. The number of carbonyl (C=O) groups excluding carboxylic acids is 1. The predicted molar refractivity (Wildman–Crippen MR) is 73.0 cm³/mol. The third-order valence-electron chi connectivity index (χ3n) is 4.51. The van der Waals surface area contributed by atoms with Crippen molar-refractivity contribution < 1.29 is 4.79 Å². The Morgan fingerprint density at radius 1 is 1.33 bits per heavy atom. The van der Waals surface area contributed by atoms with E-state index >= 15 is 0 Å². The number of nitrogens with zero attached hydrogens (tertiary/aromatic N) is 1. The van der Waals surface area contributed by atoms with Crippen LogP contribution < -0.4 is 11.5 Å². The maximum Gasteiger partial charge on any atom is 0.237 e. The van der Waals surface area contributed by atoms with Crippen molar-refractivity contribution in [2.24, 2.45) is 11.5 Å². The van der Waals surface area contributed by atoms with E-state index in [1.54, 1.807) is 0 Å². The Balaban J connectivity index is 1.99. The van der Waals surface area contributed by atoms with Gasteiger partial charge in [0, 0.05) is 12.1 Å². The van der Waals surface area contributed by atoms with Gasteiger partial charge >= 0.3 is 0 Å². The fraction of sp³-hybridized carbons (Fsp3) is 0.929. The van der Waals surface area contributed by atoms with E-state index in [4.69, 9.17) is 11.5 Å². The molecule has 0 aromatic heterocycles. The van der Waals surface area contributed by atoms with Gasteiger partial charge in [-0.1, -0.05) is 13.3 Å². The summed E-state index contributed by atoms with van der Waals surface area (Å²) in [5.41, 5.74) is 10.9. The summed E-state index contributed by atoms with van der Waals surface area (Å²) in [6, 6.07) is 1.21. The molecular weight excluding hydrogens is 226 g/mol. The van der Waals surface area contributed by atoms with E-state index in [1.165, 1.54) is 32.1 Å².